The monoisotopic (exact) mass is 281 g/mol. The number of carbonyl (C=O) groups is 1. The molecule has 2 atom stereocenters. The molecule has 2 amide bonds. The Morgan fingerprint density at radius 2 is 2.22 bits per heavy atom. The van der Waals surface area contributed by atoms with E-state index >= 15 is 0 Å². The van der Waals surface area contributed by atoms with Gasteiger partial charge in [-0.3, -0.25) is 14.7 Å². The molecule has 0 aromatic rings. The first-order valence-electron chi connectivity index (χ1n) is 5.09. The molecule has 0 bridgehead atoms. The van der Waals surface area contributed by atoms with Crippen molar-refractivity contribution < 1.29 is 29.1 Å². The number of hydrogen-bond donors (Lipinski definition) is 4. The first-order chi connectivity index (χ1) is 8.20. The van der Waals surface area contributed by atoms with Crippen molar-refractivity contribution in [3.05, 3.63) is 12.3 Å². The highest BCUT2D eigenvalue weighted by Crippen LogP contribution is 2.34. The summed E-state index contributed by atoms with van der Waals surface area (Å²) in [6, 6.07) is -0.725. The SMILES string of the molecule is CC(CN1C=C[C@@H](N)N(O)C1=O)OCP(=O)(O)O. The highest BCUT2D eigenvalue weighted by Gasteiger charge is 2.27. The number of ether oxygens (including phenoxy) is 1. The molecule has 1 rings (SSSR count). The molecule has 0 aromatic carbocycles. The first-order valence-corrected chi connectivity index (χ1v) is 6.89. The Morgan fingerprint density at radius 3 is 2.78 bits per heavy atom. The van der Waals surface area contributed by atoms with Gasteiger partial charge in [0.25, 0.3) is 0 Å². The van der Waals surface area contributed by atoms with Gasteiger partial charge in [0.1, 0.15) is 12.5 Å². The molecule has 10 heteroatoms. The Balaban J connectivity index is 2.50. The van der Waals surface area contributed by atoms with Crippen LogP contribution < -0.4 is 5.73 Å². The minimum absolute atomic E-state index is 0.0408. The second-order valence-electron chi connectivity index (χ2n) is 3.88. The summed E-state index contributed by atoms with van der Waals surface area (Å²) in [7, 11) is -4.23. The lowest BCUT2D eigenvalue weighted by Crippen LogP contribution is -2.52. The van der Waals surface area contributed by atoms with Crippen molar-refractivity contribution in [2.45, 2.75) is 19.2 Å². The normalized spacial score (nSPS) is 22.5. The van der Waals surface area contributed by atoms with Crippen LogP contribution in [0.25, 0.3) is 0 Å². The van der Waals surface area contributed by atoms with E-state index in [1.165, 1.54) is 12.3 Å². The van der Waals surface area contributed by atoms with Crippen molar-refractivity contribution in [1.29, 1.82) is 0 Å². The molecule has 104 valence electrons. The van der Waals surface area contributed by atoms with E-state index in [4.69, 9.17) is 20.3 Å². The molecule has 0 saturated heterocycles. The largest absolute Gasteiger partial charge is 0.364 e. The number of urea groups is 1. The van der Waals surface area contributed by atoms with Gasteiger partial charge in [0.15, 0.2) is 0 Å². The smallest absolute Gasteiger partial charge is 0.350 e. The van der Waals surface area contributed by atoms with Gasteiger partial charge in [0, 0.05) is 6.20 Å². The topological polar surface area (TPSA) is 137 Å². The second-order valence-corrected chi connectivity index (χ2v) is 5.47. The van der Waals surface area contributed by atoms with Gasteiger partial charge in [0.05, 0.1) is 12.6 Å². The minimum atomic E-state index is -4.23. The molecule has 0 fully saturated rings. The Kier molecular flexibility index (Phi) is 4.85. The maximum atomic E-state index is 11.5. The number of nitrogens with zero attached hydrogens (tertiary/aromatic N) is 2. The van der Waals surface area contributed by atoms with Crippen molar-refractivity contribution in [3.63, 3.8) is 0 Å². The van der Waals surface area contributed by atoms with Crippen molar-refractivity contribution >= 4 is 13.6 Å². The van der Waals surface area contributed by atoms with Crippen LogP contribution in [-0.2, 0) is 9.30 Å². The Morgan fingerprint density at radius 1 is 1.61 bits per heavy atom. The summed E-state index contributed by atoms with van der Waals surface area (Å²) in [4.78, 5) is 29.9. The van der Waals surface area contributed by atoms with Gasteiger partial charge >= 0.3 is 13.6 Å². The quantitative estimate of drug-likeness (QED) is 0.392. The number of hydrogen-bond acceptors (Lipinski definition) is 5. The summed E-state index contributed by atoms with van der Waals surface area (Å²) in [5.74, 6) is 0. The molecule has 0 spiro atoms. The van der Waals surface area contributed by atoms with Crippen LogP contribution in [0, 0.1) is 0 Å². The summed E-state index contributed by atoms with van der Waals surface area (Å²) in [5.41, 5.74) is 5.38. The molecule has 0 saturated carbocycles. The van der Waals surface area contributed by atoms with Crippen molar-refractivity contribution in [2.75, 3.05) is 12.9 Å². The van der Waals surface area contributed by atoms with Gasteiger partial charge in [-0.25, -0.2) is 4.79 Å². The summed E-state index contributed by atoms with van der Waals surface area (Å²) in [5, 5.41) is 9.65. The number of nitrogens with two attached hydrogens (primary N) is 1. The van der Waals surface area contributed by atoms with E-state index in [1.807, 2.05) is 0 Å². The maximum absolute atomic E-state index is 11.5. The van der Waals surface area contributed by atoms with Crippen molar-refractivity contribution in [3.8, 4) is 0 Å². The fourth-order valence-corrected chi connectivity index (χ4v) is 1.74. The third-order valence-corrected chi connectivity index (χ3v) is 2.65. The van der Waals surface area contributed by atoms with E-state index in [0.717, 1.165) is 4.90 Å². The second kappa shape index (κ2) is 5.79. The van der Waals surface area contributed by atoms with Gasteiger partial charge in [-0.2, -0.15) is 5.06 Å². The van der Waals surface area contributed by atoms with E-state index in [0.29, 0.717) is 5.06 Å². The summed E-state index contributed by atoms with van der Waals surface area (Å²) < 4.78 is 15.5. The van der Waals surface area contributed by atoms with Crippen molar-refractivity contribution in [2.24, 2.45) is 5.73 Å². The predicted molar refractivity (Wildman–Crippen MR) is 60.3 cm³/mol. The van der Waals surface area contributed by atoms with Crippen LogP contribution in [0.5, 0.6) is 0 Å². The highest BCUT2D eigenvalue weighted by atomic mass is 31.2. The van der Waals surface area contributed by atoms with Gasteiger partial charge in [-0.15, -0.1) is 0 Å². The van der Waals surface area contributed by atoms with Crippen molar-refractivity contribution in [1.82, 2.24) is 9.96 Å². The molecule has 0 radical (unpaired) electrons. The summed E-state index contributed by atoms with van der Waals surface area (Å²) in [6.45, 7) is 1.59. The zero-order valence-corrected chi connectivity index (χ0v) is 10.6. The number of amides is 2. The Hall–Kier alpha value is -0.960. The maximum Gasteiger partial charge on any atom is 0.350 e. The number of rotatable bonds is 5. The molecule has 1 heterocycles. The molecule has 0 aliphatic carbocycles. The molecule has 5 N–H and O–H groups in total. The summed E-state index contributed by atoms with van der Waals surface area (Å²) >= 11 is 0. The molecular weight excluding hydrogens is 265 g/mol. The van der Waals surface area contributed by atoms with Gasteiger partial charge < -0.3 is 20.3 Å². The van der Waals surface area contributed by atoms with E-state index in [2.05, 4.69) is 0 Å². The zero-order valence-electron chi connectivity index (χ0n) is 9.71. The average molecular weight is 281 g/mol. The molecule has 18 heavy (non-hydrogen) atoms. The van der Waals surface area contributed by atoms with Gasteiger partial charge in [0.2, 0.25) is 0 Å². The third-order valence-electron chi connectivity index (χ3n) is 2.17. The van der Waals surface area contributed by atoms with Crippen LogP contribution in [0.1, 0.15) is 6.92 Å². The predicted octanol–water partition coefficient (Wildman–Crippen LogP) is -0.548. The third kappa shape index (κ3) is 4.37. The molecule has 9 nitrogen and oxygen atoms in total. The van der Waals surface area contributed by atoms with E-state index in [1.54, 1.807) is 6.92 Å². The minimum Gasteiger partial charge on any atom is -0.364 e. The Labute approximate surface area is 104 Å². The van der Waals surface area contributed by atoms with E-state index in [-0.39, 0.29) is 6.54 Å². The molecule has 1 unspecified atom stereocenters. The molecular formula is C8H16N3O6P. The fourth-order valence-electron chi connectivity index (χ4n) is 1.29. The van der Waals surface area contributed by atoms with Crippen LogP contribution in [0.2, 0.25) is 0 Å². The number of carbonyl (C=O) groups excluding carboxylic acids is 1. The first kappa shape index (κ1) is 15.1. The van der Waals surface area contributed by atoms with Gasteiger partial charge in [-0.1, -0.05) is 0 Å². The zero-order chi connectivity index (χ0) is 13.9. The molecule has 1 aliphatic heterocycles. The van der Waals surface area contributed by atoms with Gasteiger partial charge in [-0.05, 0) is 13.0 Å². The van der Waals surface area contributed by atoms with Crippen LogP contribution in [0.3, 0.4) is 0 Å². The molecule has 0 aromatic heterocycles. The lowest BCUT2D eigenvalue weighted by Gasteiger charge is -2.32. The van der Waals surface area contributed by atoms with E-state index in [9.17, 15) is 14.6 Å². The summed E-state index contributed by atoms with van der Waals surface area (Å²) in [6.07, 6.45) is 0.560. The number of hydroxylamine groups is 2. The molecule has 1 aliphatic rings. The van der Waals surface area contributed by atoms with Crippen LogP contribution in [-0.4, -0.2) is 56.2 Å². The highest BCUT2D eigenvalue weighted by molar-refractivity contribution is 7.51. The fraction of sp³-hybridized carbons (Fsp3) is 0.625. The van der Waals surface area contributed by atoms with Crippen LogP contribution in [0.4, 0.5) is 4.79 Å². The van der Waals surface area contributed by atoms with Crippen LogP contribution >= 0.6 is 7.60 Å². The standard InChI is InChI=1S/C8H16N3O6P/c1-6(17-5-18(14,15)16)4-10-3-2-7(9)11(13)8(10)12/h2-3,6-7,13H,4-5,9H2,1H3,(H2,14,15,16)/t6?,7-/m0/s1. The Bertz CT molecular complexity index is 383. The lowest BCUT2D eigenvalue weighted by atomic mass is 10.3. The van der Waals surface area contributed by atoms with E-state index < -0.39 is 32.2 Å². The lowest BCUT2D eigenvalue weighted by molar-refractivity contribution is -0.0798. The van der Waals surface area contributed by atoms with Crippen LogP contribution in [0.15, 0.2) is 12.3 Å². The average Bonchev–Trinajstić information content (AvgIpc) is 2.26.